The van der Waals surface area contributed by atoms with Crippen molar-refractivity contribution in [2.45, 2.75) is 6.54 Å². The number of fused-ring (bicyclic) bond motifs is 1. The molecule has 1 aliphatic rings. The Morgan fingerprint density at radius 3 is 2.69 bits per heavy atom. The molecular formula is C21H19N7O. The number of rotatable bonds is 4. The van der Waals surface area contributed by atoms with Gasteiger partial charge in [0.15, 0.2) is 11.4 Å². The van der Waals surface area contributed by atoms with Crippen LogP contribution in [0.5, 0.6) is 0 Å². The standard InChI is InChI=1S/C21H19N7O/c22-14-17-20(18-5-3-13-29-18)25-28-8-6-19(24-21(17)28)27-11-9-26(10-12-27)15-16-4-1-2-7-23-16/h1-8,13H,9-12,15H2. The lowest BCUT2D eigenvalue weighted by Crippen LogP contribution is -2.46. The molecule has 5 rings (SSSR count). The second kappa shape index (κ2) is 7.37. The largest absolute Gasteiger partial charge is 0.463 e. The van der Waals surface area contributed by atoms with E-state index in [1.807, 2.05) is 30.6 Å². The van der Waals surface area contributed by atoms with Crippen LogP contribution < -0.4 is 4.90 Å². The molecule has 8 nitrogen and oxygen atoms in total. The van der Waals surface area contributed by atoms with Crippen LogP contribution in [-0.2, 0) is 6.54 Å². The predicted octanol–water partition coefficient (Wildman–Crippen LogP) is 2.58. The summed E-state index contributed by atoms with van der Waals surface area (Å²) in [7, 11) is 0. The van der Waals surface area contributed by atoms with Gasteiger partial charge in [0.05, 0.1) is 12.0 Å². The highest BCUT2D eigenvalue weighted by Crippen LogP contribution is 2.26. The van der Waals surface area contributed by atoms with Crippen LogP contribution in [0.3, 0.4) is 0 Å². The van der Waals surface area contributed by atoms with Gasteiger partial charge in [-0.2, -0.15) is 10.4 Å². The zero-order valence-corrected chi connectivity index (χ0v) is 15.8. The van der Waals surface area contributed by atoms with Crippen molar-refractivity contribution in [3.05, 3.63) is 66.3 Å². The molecule has 0 amide bonds. The number of aromatic nitrogens is 4. The maximum atomic E-state index is 9.67. The summed E-state index contributed by atoms with van der Waals surface area (Å²) in [6.07, 6.45) is 5.26. The first-order chi connectivity index (χ1) is 14.3. The molecule has 8 heteroatoms. The van der Waals surface area contributed by atoms with Crippen LogP contribution in [0.4, 0.5) is 5.82 Å². The van der Waals surface area contributed by atoms with Crippen molar-refractivity contribution in [2.24, 2.45) is 0 Å². The summed E-state index contributed by atoms with van der Waals surface area (Å²) in [6.45, 7) is 4.47. The lowest BCUT2D eigenvalue weighted by Gasteiger charge is -2.35. The number of anilines is 1. The molecule has 0 unspecified atom stereocenters. The van der Waals surface area contributed by atoms with Gasteiger partial charge in [-0.1, -0.05) is 6.07 Å². The second-order valence-corrected chi connectivity index (χ2v) is 6.95. The lowest BCUT2D eigenvalue weighted by atomic mass is 10.2. The number of nitrogens with zero attached hydrogens (tertiary/aromatic N) is 7. The van der Waals surface area contributed by atoms with Crippen molar-refractivity contribution in [3.8, 4) is 17.5 Å². The first-order valence-corrected chi connectivity index (χ1v) is 9.52. The molecule has 5 heterocycles. The van der Waals surface area contributed by atoms with E-state index in [4.69, 9.17) is 9.40 Å². The van der Waals surface area contributed by atoms with Crippen LogP contribution in [-0.4, -0.2) is 50.7 Å². The highest BCUT2D eigenvalue weighted by atomic mass is 16.3. The maximum absolute atomic E-state index is 9.67. The van der Waals surface area contributed by atoms with Gasteiger partial charge < -0.3 is 9.32 Å². The predicted molar refractivity (Wildman–Crippen MR) is 107 cm³/mol. The second-order valence-electron chi connectivity index (χ2n) is 6.95. The molecule has 4 aromatic rings. The van der Waals surface area contributed by atoms with E-state index in [1.54, 1.807) is 22.9 Å². The molecule has 29 heavy (non-hydrogen) atoms. The Kier molecular flexibility index (Phi) is 4.42. The van der Waals surface area contributed by atoms with E-state index in [0.29, 0.717) is 22.7 Å². The molecule has 0 atom stereocenters. The van der Waals surface area contributed by atoms with Crippen LogP contribution in [0.1, 0.15) is 11.3 Å². The molecule has 0 N–H and O–H groups in total. The number of hydrogen-bond acceptors (Lipinski definition) is 7. The minimum atomic E-state index is 0.426. The van der Waals surface area contributed by atoms with E-state index in [9.17, 15) is 5.26 Å². The van der Waals surface area contributed by atoms with E-state index in [0.717, 1.165) is 44.2 Å². The fraction of sp³-hybridized carbons (Fsp3) is 0.238. The maximum Gasteiger partial charge on any atom is 0.175 e. The zero-order chi connectivity index (χ0) is 19.6. The molecule has 0 spiro atoms. The van der Waals surface area contributed by atoms with Gasteiger partial charge >= 0.3 is 0 Å². The van der Waals surface area contributed by atoms with Crippen molar-refractivity contribution in [2.75, 3.05) is 31.1 Å². The third kappa shape index (κ3) is 3.32. The Bertz CT molecular complexity index is 1150. The minimum absolute atomic E-state index is 0.426. The Morgan fingerprint density at radius 2 is 1.97 bits per heavy atom. The fourth-order valence-electron chi connectivity index (χ4n) is 3.64. The van der Waals surface area contributed by atoms with Crippen LogP contribution >= 0.6 is 0 Å². The van der Waals surface area contributed by atoms with Crippen LogP contribution in [0.2, 0.25) is 0 Å². The Labute approximate surface area is 167 Å². The van der Waals surface area contributed by atoms with E-state index in [1.165, 1.54) is 0 Å². The average molecular weight is 385 g/mol. The third-order valence-corrected chi connectivity index (χ3v) is 5.14. The lowest BCUT2D eigenvalue weighted by molar-refractivity contribution is 0.246. The third-order valence-electron chi connectivity index (χ3n) is 5.14. The Balaban J connectivity index is 1.35. The average Bonchev–Trinajstić information content (AvgIpc) is 3.42. The molecule has 1 fully saturated rings. The summed E-state index contributed by atoms with van der Waals surface area (Å²) >= 11 is 0. The van der Waals surface area contributed by atoms with Crippen molar-refractivity contribution >= 4 is 11.5 Å². The molecule has 0 aromatic carbocycles. The summed E-state index contributed by atoms with van der Waals surface area (Å²) in [5.41, 5.74) is 2.58. The van der Waals surface area contributed by atoms with Gasteiger partial charge in [0, 0.05) is 45.1 Å². The van der Waals surface area contributed by atoms with Crippen molar-refractivity contribution in [3.63, 3.8) is 0 Å². The highest BCUT2D eigenvalue weighted by Gasteiger charge is 2.22. The summed E-state index contributed by atoms with van der Waals surface area (Å²) in [5.74, 6) is 1.43. The van der Waals surface area contributed by atoms with Gasteiger partial charge in [0.1, 0.15) is 23.1 Å². The molecule has 1 aliphatic heterocycles. The molecule has 0 radical (unpaired) electrons. The summed E-state index contributed by atoms with van der Waals surface area (Å²) in [5, 5.41) is 14.1. The SMILES string of the molecule is N#Cc1c(-c2ccco2)nn2ccc(N3CCN(Cc4ccccn4)CC3)nc12. The monoisotopic (exact) mass is 385 g/mol. The quantitative estimate of drug-likeness (QED) is 0.534. The highest BCUT2D eigenvalue weighted by molar-refractivity contribution is 5.73. The van der Waals surface area contributed by atoms with E-state index < -0.39 is 0 Å². The van der Waals surface area contributed by atoms with Crippen LogP contribution in [0.15, 0.2) is 59.5 Å². The van der Waals surface area contributed by atoms with Gasteiger partial charge in [0.25, 0.3) is 0 Å². The summed E-state index contributed by atoms with van der Waals surface area (Å²) in [4.78, 5) is 13.8. The van der Waals surface area contributed by atoms with E-state index in [2.05, 4.69) is 32.0 Å². The van der Waals surface area contributed by atoms with Crippen molar-refractivity contribution < 1.29 is 4.42 Å². The smallest absolute Gasteiger partial charge is 0.175 e. The number of nitriles is 1. The van der Waals surface area contributed by atoms with Crippen molar-refractivity contribution in [1.29, 1.82) is 5.26 Å². The number of pyridine rings is 1. The number of piperazine rings is 1. The van der Waals surface area contributed by atoms with Gasteiger partial charge in [-0.25, -0.2) is 9.50 Å². The van der Waals surface area contributed by atoms with E-state index in [-0.39, 0.29) is 0 Å². The molecule has 0 aliphatic carbocycles. The van der Waals surface area contributed by atoms with E-state index >= 15 is 0 Å². The van der Waals surface area contributed by atoms with Gasteiger partial charge in [0.2, 0.25) is 0 Å². The van der Waals surface area contributed by atoms with Crippen LogP contribution in [0.25, 0.3) is 17.1 Å². The molecule has 0 saturated carbocycles. The fourth-order valence-corrected chi connectivity index (χ4v) is 3.64. The summed E-state index contributed by atoms with van der Waals surface area (Å²) < 4.78 is 7.06. The molecule has 4 aromatic heterocycles. The molecule has 1 saturated heterocycles. The first-order valence-electron chi connectivity index (χ1n) is 9.52. The van der Waals surface area contributed by atoms with Gasteiger partial charge in [-0.05, 0) is 30.3 Å². The molecular weight excluding hydrogens is 366 g/mol. The minimum Gasteiger partial charge on any atom is -0.463 e. The van der Waals surface area contributed by atoms with Gasteiger partial charge in [-0.15, -0.1) is 0 Å². The molecule has 0 bridgehead atoms. The van der Waals surface area contributed by atoms with Crippen molar-refractivity contribution in [1.82, 2.24) is 24.5 Å². The topological polar surface area (TPSA) is 86.5 Å². The summed E-state index contributed by atoms with van der Waals surface area (Å²) in [6, 6.07) is 13.8. The number of hydrogen-bond donors (Lipinski definition) is 0. The first kappa shape index (κ1) is 17.4. The van der Waals surface area contributed by atoms with Crippen LogP contribution in [0, 0.1) is 11.3 Å². The normalized spacial score (nSPS) is 14.9. The Morgan fingerprint density at radius 1 is 1.07 bits per heavy atom. The van der Waals surface area contributed by atoms with Gasteiger partial charge in [-0.3, -0.25) is 9.88 Å². The number of furan rings is 1. The Hall–Kier alpha value is -3.70. The zero-order valence-electron chi connectivity index (χ0n) is 15.8. The molecule has 144 valence electrons.